The van der Waals surface area contributed by atoms with Gasteiger partial charge in [0.1, 0.15) is 0 Å². The molecular weight excluding hydrogens is 322 g/mol. The molecule has 6 heteroatoms. The van der Waals surface area contributed by atoms with Gasteiger partial charge in [-0.15, -0.1) is 11.8 Å². The number of hydrogen-bond donors (Lipinski definition) is 0. The van der Waals surface area contributed by atoms with Gasteiger partial charge in [-0.05, 0) is 18.1 Å². The number of carbonyl (C=O) groups excluding carboxylic acids is 1. The van der Waals surface area contributed by atoms with E-state index >= 15 is 0 Å². The summed E-state index contributed by atoms with van der Waals surface area (Å²) in [5, 5.41) is 8.85. The molecule has 0 bridgehead atoms. The van der Waals surface area contributed by atoms with E-state index in [2.05, 4.69) is 23.1 Å². The molecule has 24 heavy (non-hydrogen) atoms. The number of fused-ring (bicyclic) bond motifs is 1. The second-order valence-corrected chi connectivity index (χ2v) is 7.35. The van der Waals surface area contributed by atoms with Crippen LogP contribution in [0.15, 0.2) is 29.2 Å². The number of morpholine rings is 1. The Morgan fingerprint density at radius 1 is 1.33 bits per heavy atom. The van der Waals surface area contributed by atoms with E-state index in [0.717, 1.165) is 39.3 Å². The van der Waals surface area contributed by atoms with Crippen molar-refractivity contribution in [1.82, 2.24) is 9.80 Å². The van der Waals surface area contributed by atoms with E-state index < -0.39 is 0 Å². The smallest absolute Gasteiger partial charge is 0.236 e. The number of nitriles is 1. The molecule has 0 aromatic heterocycles. The van der Waals surface area contributed by atoms with Crippen LogP contribution in [0.25, 0.3) is 0 Å². The minimum absolute atomic E-state index is 0.0502. The van der Waals surface area contributed by atoms with Crippen molar-refractivity contribution in [3.05, 3.63) is 29.8 Å². The van der Waals surface area contributed by atoms with Crippen molar-refractivity contribution in [3.8, 4) is 6.07 Å². The molecule has 2 heterocycles. The third-order valence-electron chi connectivity index (χ3n) is 4.52. The number of ether oxygens (including phenoxy) is 1. The number of amides is 1. The van der Waals surface area contributed by atoms with Crippen LogP contribution in [-0.2, 0) is 16.0 Å². The Labute approximate surface area is 147 Å². The molecule has 2 aliphatic heterocycles. The first kappa shape index (κ1) is 17.3. The van der Waals surface area contributed by atoms with Crippen molar-refractivity contribution in [2.75, 3.05) is 45.9 Å². The quantitative estimate of drug-likeness (QED) is 0.787. The number of hydrogen-bond acceptors (Lipinski definition) is 5. The Hall–Kier alpha value is -1.55. The minimum atomic E-state index is -0.0502. The Morgan fingerprint density at radius 2 is 2.12 bits per heavy atom. The lowest BCUT2D eigenvalue weighted by molar-refractivity contribution is -0.130. The van der Waals surface area contributed by atoms with Crippen molar-refractivity contribution in [2.24, 2.45) is 0 Å². The van der Waals surface area contributed by atoms with Crippen LogP contribution in [0.2, 0.25) is 0 Å². The molecule has 1 amide bonds. The molecule has 0 aliphatic carbocycles. The Morgan fingerprint density at radius 3 is 2.88 bits per heavy atom. The van der Waals surface area contributed by atoms with Gasteiger partial charge in [-0.1, -0.05) is 18.2 Å². The average Bonchev–Trinajstić information content (AvgIpc) is 3.06. The summed E-state index contributed by atoms with van der Waals surface area (Å²) in [7, 11) is 0. The molecule has 3 rings (SSSR count). The number of benzene rings is 1. The van der Waals surface area contributed by atoms with Gasteiger partial charge in [0, 0.05) is 37.6 Å². The van der Waals surface area contributed by atoms with Crippen LogP contribution in [-0.4, -0.2) is 66.9 Å². The maximum Gasteiger partial charge on any atom is 0.236 e. The van der Waals surface area contributed by atoms with Crippen LogP contribution in [0.1, 0.15) is 12.0 Å². The highest BCUT2D eigenvalue weighted by atomic mass is 32.2. The molecule has 0 N–H and O–H groups in total. The monoisotopic (exact) mass is 345 g/mol. The zero-order chi connectivity index (χ0) is 16.8. The molecule has 1 fully saturated rings. The lowest BCUT2D eigenvalue weighted by Gasteiger charge is -2.30. The minimum Gasteiger partial charge on any atom is -0.379 e. The van der Waals surface area contributed by atoms with Crippen molar-refractivity contribution in [1.29, 1.82) is 5.26 Å². The van der Waals surface area contributed by atoms with Crippen molar-refractivity contribution in [2.45, 2.75) is 23.0 Å². The molecule has 1 aromatic rings. The van der Waals surface area contributed by atoms with E-state index in [1.54, 1.807) is 11.8 Å². The lowest BCUT2D eigenvalue weighted by Crippen LogP contribution is -2.45. The SMILES string of the molecule is N#CCCN(CCN1CCOCC1)C(=O)[C@@H]1Cc2ccccc2S1. The summed E-state index contributed by atoms with van der Waals surface area (Å²) in [4.78, 5) is 18.4. The average molecular weight is 345 g/mol. The maximum atomic E-state index is 12.9. The zero-order valence-corrected chi connectivity index (χ0v) is 14.6. The summed E-state index contributed by atoms with van der Waals surface area (Å²) in [6.45, 7) is 5.43. The largest absolute Gasteiger partial charge is 0.379 e. The van der Waals surface area contributed by atoms with Crippen molar-refractivity contribution >= 4 is 17.7 Å². The van der Waals surface area contributed by atoms with Gasteiger partial charge in [0.2, 0.25) is 5.91 Å². The first-order valence-electron chi connectivity index (χ1n) is 8.48. The van der Waals surface area contributed by atoms with Gasteiger partial charge in [-0.3, -0.25) is 9.69 Å². The summed E-state index contributed by atoms with van der Waals surface area (Å²) in [6, 6.07) is 10.4. The lowest BCUT2D eigenvalue weighted by atomic mass is 10.1. The van der Waals surface area contributed by atoms with Gasteiger partial charge >= 0.3 is 0 Å². The van der Waals surface area contributed by atoms with Gasteiger partial charge in [0.25, 0.3) is 0 Å². The van der Waals surface area contributed by atoms with Gasteiger partial charge < -0.3 is 9.64 Å². The summed E-state index contributed by atoms with van der Waals surface area (Å²) < 4.78 is 5.37. The van der Waals surface area contributed by atoms with Gasteiger partial charge in [-0.25, -0.2) is 0 Å². The van der Waals surface area contributed by atoms with Crippen molar-refractivity contribution < 1.29 is 9.53 Å². The van der Waals surface area contributed by atoms with Crippen molar-refractivity contribution in [3.63, 3.8) is 0 Å². The van der Waals surface area contributed by atoms with Gasteiger partial charge in [0.15, 0.2) is 0 Å². The third-order valence-corrected chi connectivity index (χ3v) is 5.82. The molecule has 0 radical (unpaired) electrons. The maximum absolute atomic E-state index is 12.9. The molecule has 1 atom stereocenters. The number of nitrogens with zero attached hydrogens (tertiary/aromatic N) is 3. The number of rotatable bonds is 6. The fourth-order valence-corrected chi connectivity index (χ4v) is 4.41. The summed E-state index contributed by atoms with van der Waals surface area (Å²) in [5.74, 6) is 0.166. The topological polar surface area (TPSA) is 56.6 Å². The number of carbonyl (C=O) groups is 1. The molecule has 0 saturated carbocycles. The summed E-state index contributed by atoms with van der Waals surface area (Å²) >= 11 is 1.66. The van der Waals surface area contributed by atoms with Crippen LogP contribution in [0.5, 0.6) is 0 Å². The second-order valence-electron chi connectivity index (χ2n) is 6.11. The first-order valence-corrected chi connectivity index (χ1v) is 9.36. The van der Waals surface area contributed by atoms with E-state index in [1.165, 1.54) is 10.5 Å². The highest BCUT2D eigenvalue weighted by Gasteiger charge is 2.31. The van der Waals surface area contributed by atoms with E-state index in [1.807, 2.05) is 17.0 Å². The Bertz CT molecular complexity index is 586. The Kier molecular flexibility index (Phi) is 6.13. The van der Waals surface area contributed by atoms with Crippen LogP contribution in [0.4, 0.5) is 0 Å². The first-order chi connectivity index (χ1) is 11.8. The highest BCUT2D eigenvalue weighted by Crippen LogP contribution is 2.37. The Balaban J connectivity index is 1.58. The van der Waals surface area contributed by atoms with Gasteiger partial charge in [-0.2, -0.15) is 5.26 Å². The predicted octanol–water partition coefficient (Wildman–Crippen LogP) is 1.78. The molecule has 0 unspecified atom stereocenters. The van der Waals surface area contributed by atoms with Crippen LogP contribution in [0.3, 0.4) is 0 Å². The standard InChI is InChI=1S/C18H23N3O2S/c19-6-3-7-21(9-8-20-10-12-23-13-11-20)18(22)17-14-15-4-1-2-5-16(15)24-17/h1-2,4-5,17H,3,7-14H2/t17-/m0/s1. The highest BCUT2D eigenvalue weighted by molar-refractivity contribution is 8.01. The number of thioether (sulfide) groups is 1. The van der Waals surface area contributed by atoms with E-state index in [4.69, 9.17) is 10.00 Å². The van der Waals surface area contributed by atoms with E-state index in [9.17, 15) is 4.79 Å². The fraction of sp³-hybridized carbons (Fsp3) is 0.556. The molecule has 0 spiro atoms. The fourth-order valence-electron chi connectivity index (χ4n) is 3.13. The molecule has 1 aromatic carbocycles. The van der Waals surface area contributed by atoms with Crippen LogP contribution < -0.4 is 0 Å². The molecule has 1 saturated heterocycles. The normalized spacial score (nSPS) is 20.4. The second kappa shape index (κ2) is 8.52. The van der Waals surface area contributed by atoms with Crippen LogP contribution >= 0.6 is 11.8 Å². The molecule has 128 valence electrons. The van der Waals surface area contributed by atoms with Crippen LogP contribution in [0, 0.1) is 11.3 Å². The van der Waals surface area contributed by atoms with Gasteiger partial charge in [0.05, 0.1) is 31.0 Å². The molecule has 2 aliphatic rings. The molecular formula is C18H23N3O2S. The van der Waals surface area contributed by atoms with E-state index in [0.29, 0.717) is 19.5 Å². The zero-order valence-electron chi connectivity index (χ0n) is 13.8. The predicted molar refractivity (Wildman–Crippen MR) is 93.9 cm³/mol. The summed E-state index contributed by atoms with van der Waals surface area (Å²) in [6.07, 6.45) is 1.18. The summed E-state index contributed by atoms with van der Waals surface area (Å²) in [5.41, 5.74) is 1.26. The third kappa shape index (κ3) is 4.29. The molecule has 5 nitrogen and oxygen atoms in total. The van der Waals surface area contributed by atoms with E-state index in [-0.39, 0.29) is 11.2 Å².